The first-order chi connectivity index (χ1) is 10.1. The van der Waals surface area contributed by atoms with Crippen LogP contribution in [-0.2, 0) is 6.42 Å². The number of ether oxygens (including phenoxy) is 1. The van der Waals surface area contributed by atoms with Crippen molar-refractivity contribution in [2.75, 3.05) is 13.7 Å². The van der Waals surface area contributed by atoms with Crippen molar-refractivity contribution in [2.45, 2.75) is 19.4 Å². The number of aryl methyl sites for hydroxylation is 1. The fourth-order valence-electron chi connectivity index (χ4n) is 2.91. The van der Waals surface area contributed by atoms with Gasteiger partial charge in [0.2, 0.25) is 0 Å². The van der Waals surface area contributed by atoms with E-state index < -0.39 is 0 Å². The lowest BCUT2D eigenvalue weighted by molar-refractivity contribution is 0.351. The molecule has 110 valence electrons. The van der Waals surface area contributed by atoms with Crippen molar-refractivity contribution in [1.29, 1.82) is 0 Å². The summed E-state index contributed by atoms with van der Waals surface area (Å²) < 4.78 is 20.5. The molecule has 0 bridgehead atoms. The molecule has 0 saturated heterocycles. The Morgan fingerprint density at radius 3 is 2.81 bits per heavy atom. The fraction of sp³-hybridized carbons (Fsp3) is 0.294. The van der Waals surface area contributed by atoms with Gasteiger partial charge in [0.05, 0.1) is 12.6 Å². The summed E-state index contributed by atoms with van der Waals surface area (Å²) >= 11 is 3.56. The Hall–Kier alpha value is -1.39. The summed E-state index contributed by atoms with van der Waals surface area (Å²) in [6.45, 7) is 2.70. The van der Waals surface area contributed by atoms with Crippen LogP contribution in [0.3, 0.4) is 0 Å². The molecule has 0 radical (unpaired) electrons. The number of fused-ring (bicyclic) bond motifs is 1. The van der Waals surface area contributed by atoms with Gasteiger partial charge in [-0.15, -0.1) is 0 Å². The second kappa shape index (κ2) is 5.78. The van der Waals surface area contributed by atoms with Gasteiger partial charge in [0.15, 0.2) is 0 Å². The molecule has 0 amide bonds. The highest BCUT2D eigenvalue weighted by Crippen LogP contribution is 2.39. The molecule has 4 heteroatoms. The molecule has 0 aromatic heterocycles. The number of rotatable bonds is 3. The summed E-state index contributed by atoms with van der Waals surface area (Å²) in [5.41, 5.74) is 4.25. The van der Waals surface area contributed by atoms with Crippen LogP contribution >= 0.6 is 15.9 Å². The van der Waals surface area contributed by atoms with E-state index in [1.807, 2.05) is 20.0 Å². The maximum atomic E-state index is 13.6. The van der Waals surface area contributed by atoms with Crippen LogP contribution in [0.5, 0.6) is 5.75 Å². The van der Waals surface area contributed by atoms with E-state index in [2.05, 4.69) is 33.4 Å². The SMILES string of the molecule is CNC(c1cc(F)ccc1C)c1cc(Br)cc2c1OCC2. The summed E-state index contributed by atoms with van der Waals surface area (Å²) in [7, 11) is 1.89. The first-order valence-corrected chi connectivity index (χ1v) is 7.78. The van der Waals surface area contributed by atoms with Crippen LogP contribution in [0, 0.1) is 12.7 Å². The summed E-state index contributed by atoms with van der Waals surface area (Å²) in [6, 6.07) is 8.96. The number of nitrogens with one attached hydrogen (secondary N) is 1. The van der Waals surface area contributed by atoms with E-state index in [9.17, 15) is 4.39 Å². The lowest BCUT2D eigenvalue weighted by Gasteiger charge is -2.22. The molecule has 1 atom stereocenters. The van der Waals surface area contributed by atoms with Crippen LogP contribution in [0.1, 0.15) is 28.3 Å². The average molecular weight is 350 g/mol. The molecule has 1 unspecified atom stereocenters. The first kappa shape index (κ1) is 14.5. The normalized spacial score (nSPS) is 14.7. The lowest BCUT2D eigenvalue weighted by Crippen LogP contribution is -2.19. The Kier molecular flexibility index (Phi) is 4.00. The van der Waals surface area contributed by atoms with E-state index in [0.29, 0.717) is 6.61 Å². The van der Waals surface area contributed by atoms with Crippen LogP contribution in [-0.4, -0.2) is 13.7 Å². The minimum atomic E-state index is -0.219. The van der Waals surface area contributed by atoms with Gasteiger partial charge in [0, 0.05) is 16.5 Å². The fourth-order valence-corrected chi connectivity index (χ4v) is 3.44. The minimum absolute atomic E-state index is 0.0925. The second-order valence-electron chi connectivity index (χ2n) is 5.30. The Balaban J connectivity index is 2.15. The van der Waals surface area contributed by atoms with Crippen molar-refractivity contribution in [1.82, 2.24) is 5.32 Å². The second-order valence-corrected chi connectivity index (χ2v) is 6.22. The van der Waals surface area contributed by atoms with E-state index in [1.165, 1.54) is 11.6 Å². The molecule has 1 heterocycles. The Bertz CT molecular complexity index is 687. The average Bonchev–Trinajstić information content (AvgIpc) is 2.91. The van der Waals surface area contributed by atoms with Crippen molar-refractivity contribution in [3.05, 3.63) is 62.9 Å². The van der Waals surface area contributed by atoms with Crippen LogP contribution in [0.2, 0.25) is 0 Å². The smallest absolute Gasteiger partial charge is 0.127 e. The molecule has 0 saturated carbocycles. The molecule has 2 aromatic carbocycles. The summed E-state index contributed by atoms with van der Waals surface area (Å²) in [4.78, 5) is 0. The lowest BCUT2D eigenvalue weighted by atomic mass is 9.93. The van der Waals surface area contributed by atoms with Gasteiger partial charge >= 0.3 is 0 Å². The van der Waals surface area contributed by atoms with Gasteiger partial charge in [-0.2, -0.15) is 0 Å². The molecule has 2 aromatic rings. The molecule has 0 spiro atoms. The zero-order valence-corrected chi connectivity index (χ0v) is 13.6. The maximum Gasteiger partial charge on any atom is 0.127 e. The Morgan fingerprint density at radius 1 is 1.24 bits per heavy atom. The Labute approximate surface area is 132 Å². The van der Waals surface area contributed by atoms with Crippen LogP contribution in [0.15, 0.2) is 34.8 Å². The highest BCUT2D eigenvalue weighted by molar-refractivity contribution is 9.10. The van der Waals surface area contributed by atoms with Gasteiger partial charge in [-0.05, 0) is 54.9 Å². The van der Waals surface area contributed by atoms with Crippen molar-refractivity contribution >= 4 is 15.9 Å². The molecule has 1 N–H and O–H groups in total. The van der Waals surface area contributed by atoms with Crippen molar-refractivity contribution in [3.8, 4) is 5.75 Å². The van der Waals surface area contributed by atoms with Gasteiger partial charge in [-0.25, -0.2) is 4.39 Å². The molecule has 0 fully saturated rings. The largest absolute Gasteiger partial charge is 0.493 e. The molecule has 21 heavy (non-hydrogen) atoms. The van der Waals surface area contributed by atoms with Crippen molar-refractivity contribution < 1.29 is 9.13 Å². The predicted molar refractivity (Wildman–Crippen MR) is 85.4 cm³/mol. The maximum absolute atomic E-state index is 13.6. The van der Waals surface area contributed by atoms with E-state index in [0.717, 1.165) is 33.3 Å². The quantitative estimate of drug-likeness (QED) is 0.898. The van der Waals surface area contributed by atoms with E-state index >= 15 is 0 Å². The van der Waals surface area contributed by atoms with Gasteiger partial charge in [0.1, 0.15) is 11.6 Å². The van der Waals surface area contributed by atoms with Crippen LogP contribution < -0.4 is 10.1 Å². The number of benzene rings is 2. The number of halogens is 2. The highest BCUT2D eigenvalue weighted by Gasteiger charge is 2.24. The number of hydrogen-bond donors (Lipinski definition) is 1. The highest BCUT2D eigenvalue weighted by atomic mass is 79.9. The van der Waals surface area contributed by atoms with Gasteiger partial charge in [-0.3, -0.25) is 0 Å². The van der Waals surface area contributed by atoms with Crippen molar-refractivity contribution in [3.63, 3.8) is 0 Å². The van der Waals surface area contributed by atoms with Crippen LogP contribution in [0.4, 0.5) is 4.39 Å². The van der Waals surface area contributed by atoms with Crippen LogP contribution in [0.25, 0.3) is 0 Å². The summed E-state index contributed by atoms with van der Waals surface area (Å²) in [5.74, 6) is 0.713. The van der Waals surface area contributed by atoms with Gasteiger partial charge < -0.3 is 10.1 Å². The van der Waals surface area contributed by atoms with Gasteiger partial charge in [-0.1, -0.05) is 22.0 Å². The minimum Gasteiger partial charge on any atom is -0.493 e. The Morgan fingerprint density at radius 2 is 2.05 bits per heavy atom. The molecule has 1 aliphatic heterocycles. The molecule has 3 rings (SSSR count). The van der Waals surface area contributed by atoms with Crippen molar-refractivity contribution in [2.24, 2.45) is 0 Å². The molecule has 0 aliphatic carbocycles. The summed E-state index contributed by atoms with van der Waals surface area (Å²) in [6.07, 6.45) is 0.917. The molecule has 2 nitrogen and oxygen atoms in total. The molecular weight excluding hydrogens is 333 g/mol. The standard InChI is InChI=1S/C17H17BrFNO/c1-10-3-4-13(19)9-14(10)16(20-2)15-8-12(18)7-11-5-6-21-17(11)15/h3-4,7-9,16,20H,5-6H2,1-2H3. The predicted octanol–water partition coefficient (Wildman–Crippen LogP) is 4.14. The topological polar surface area (TPSA) is 21.3 Å². The third-order valence-electron chi connectivity index (χ3n) is 3.93. The third kappa shape index (κ3) is 2.70. The zero-order chi connectivity index (χ0) is 15.0. The monoisotopic (exact) mass is 349 g/mol. The molecular formula is C17H17BrFNO. The van der Waals surface area contributed by atoms with E-state index in [1.54, 1.807) is 6.07 Å². The first-order valence-electron chi connectivity index (χ1n) is 6.98. The molecule has 1 aliphatic rings. The van der Waals surface area contributed by atoms with Gasteiger partial charge in [0.25, 0.3) is 0 Å². The van der Waals surface area contributed by atoms with E-state index in [4.69, 9.17) is 4.74 Å². The summed E-state index contributed by atoms with van der Waals surface area (Å²) in [5, 5.41) is 3.29. The van der Waals surface area contributed by atoms with E-state index in [-0.39, 0.29) is 11.9 Å². The third-order valence-corrected chi connectivity index (χ3v) is 4.39. The number of hydrogen-bond acceptors (Lipinski definition) is 2. The zero-order valence-electron chi connectivity index (χ0n) is 12.0.